The summed E-state index contributed by atoms with van der Waals surface area (Å²) >= 11 is 0. The van der Waals surface area contributed by atoms with Gasteiger partial charge in [-0.1, -0.05) is 0 Å². The molecular weight excluding hydrogens is 174 g/mol. The second-order valence-electron chi connectivity index (χ2n) is 2.79. The summed E-state index contributed by atoms with van der Waals surface area (Å²) in [6, 6.07) is 3.52. The van der Waals surface area contributed by atoms with Gasteiger partial charge >= 0.3 is 0 Å². The van der Waals surface area contributed by atoms with Gasteiger partial charge in [0.25, 0.3) is 6.43 Å². The van der Waals surface area contributed by atoms with E-state index >= 15 is 0 Å². The summed E-state index contributed by atoms with van der Waals surface area (Å²) < 4.78 is 25.7. The van der Waals surface area contributed by atoms with Crippen LogP contribution in [0.3, 0.4) is 0 Å². The third-order valence-corrected chi connectivity index (χ3v) is 1.91. The highest BCUT2D eigenvalue weighted by Crippen LogP contribution is 2.14. The Labute approximate surface area is 73.8 Å². The zero-order valence-corrected chi connectivity index (χ0v) is 6.82. The van der Waals surface area contributed by atoms with Gasteiger partial charge in [-0.15, -0.1) is 0 Å². The SMILES string of the molecule is FC(F)Cn1ccc2cnccc21. The fraction of sp³-hybridized carbons (Fsp3) is 0.222. The predicted molar refractivity (Wildman–Crippen MR) is 45.7 cm³/mol. The van der Waals surface area contributed by atoms with E-state index in [0.717, 1.165) is 10.9 Å². The minimum absolute atomic E-state index is 0.256. The highest BCUT2D eigenvalue weighted by atomic mass is 19.3. The van der Waals surface area contributed by atoms with Crippen LogP contribution in [0.4, 0.5) is 8.78 Å². The van der Waals surface area contributed by atoms with Crippen molar-refractivity contribution in [3.05, 3.63) is 30.7 Å². The van der Waals surface area contributed by atoms with Crippen molar-refractivity contribution in [2.75, 3.05) is 0 Å². The Balaban J connectivity index is 2.46. The molecule has 0 bridgehead atoms. The van der Waals surface area contributed by atoms with Crippen molar-refractivity contribution in [3.63, 3.8) is 0 Å². The van der Waals surface area contributed by atoms with E-state index in [0.29, 0.717) is 0 Å². The maximum Gasteiger partial charge on any atom is 0.256 e. The van der Waals surface area contributed by atoms with E-state index < -0.39 is 6.43 Å². The van der Waals surface area contributed by atoms with Gasteiger partial charge in [0.15, 0.2) is 0 Å². The van der Waals surface area contributed by atoms with Crippen molar-refractivity contribution in [2.24, 2.45) is 0 Å². The number of hydrogen-bond donors (Lipinski definition) is 0. The molecule has 13 heavy (non-hydrogen) atoms. The number of fused-ring (bicyclic) bond motifs is 1. The predicted octanol–water partition coefficient (Wildman–Crippen LogP) is 2.30. The molecule has 0 saturated carbocycles. The van der Waals surface area contributed by atoms with Crippen LogP contribution in [0.5, 0.6) is 0 Å². The van der Waals surface area contributed by atoms with Gasteiger partial charge in [0.2, 0.25) is 0 Å². The number of alkyl halides is 2. The van der Waals surface area contributed by atoms with E-state index in [1.54, 1.807) is 30.7 Å². The molecular formula is C9H8F2N2. The summed E-state index contributed by atoms with van der Waals surface area (Å²) in [6.45, 7) is -0.256. The largest absolute Gasteiger partial charge is 0.342 e. The van der Waals surface area contributed by atoms with Crippen LogP contribution in [0.2, 0.25) is 0 Å². The van der Waals surface area contributed by atoms with E-state index in [2.05, 4.69) is 4.98 Å². The van der Waals surface area contributed by atoms with Crippen LogP contribution in [0, 0.1) is 0 Å². The fourth-order valence-corrected chi connectivity index (χ4v) is 1.35. The van der Waals surface area contributed by atoms with Gasteiger partial charge in [0.05, 0.1) is 12.1 Å². The van der Waals surface area contributed by atoms with Crippen LogP contribution in [0.25, 0.3) is 10.9 Å². The number of halogens is 2. The maximum absolute atomic E-state index is 12.1. The van der Waals surface area contributed by atoms with Crippen LogP contribution >= 0.6 is 0 Å². The summed E-state index contributed by atoms with van der Waals surface area (Å²) in [5.41, 5.74) is 0.801. The fourth-order valence-electron chi connectivity index (χ4n) is 1.35. The lowest BCUT2D eigenvalue weighted by Crippen LogP contribution is -2.04. The first kappa shape index (κ1) is 8.16. The molecule has 0 unspecified atom stereocenters. The first-order chi connectivity index (χ1) is 6.27. The second kappa shape index (κ2) is 3.12. The molecule has 0 N–H and O–H groups in total. The number of nitrogens with zero attached hydrogens (tertiary/aromatic N) is 2. The molecule has 0 aliphatic heterocycles. The lowest BCUT2D eigenvalue weighted by Gasteiger charge is -2.02. The van der Waals surface area contributed by atoms with Crippen molar-refractivity contribution in [1.29, 1.82) is 0 Å². The first-order valence-corrected chi connectivity index (χ1v) is 3.94. The van der Waals surface area contributed by atoms with Crippen molar-refractivity contribution in [1.82, 2.24) is 9.55 Å². The molecule has 0 fully saturated rings. The molecule has 0 radical (unpaired) electrons. The van der Waals surface area contributed by atoms with Gasteiger partial charge in [0.1, 0.15) is 0 Å². The van der Waals surface area contributed by atoms with E-state index in [4.69, 9.17) is 0 Å². The average molecular weight is 182 g/mol. The molecule has 4 heteroatoms. The zero-order chi connectivity index (χ0) is 9.26. The second-order valence-corrected chi connectivity index (χ2v) is 2.79. The summed E-state index contributed by atoms with van der Waals surface area (Å²) in [7, 11) is 0. The number of hydrogen-bond acceptors (Lipinski definition) is 1. The van der Waals surface area contributed by atoms with Gasteiger partial charge in [-0.3, -0.25) is 4.98 Å². The molecule has 0 atom stereocenters. The monoisotopic (exact) mass is 182 g/mol. The average Bonchev–Trinajstić information content (AvgIpc) is 2.48. The third kappa shape index (κ3) is 1.52. The van der Waals surface area contributed by atoms with E-state index in [1.165, 1.54) is 4.57 Å². The number of pyridine rings is 1. The van der Waals surface area contributed by atoms with Crippen molar-refractivity contribution in [3.8, 4) is 0 Å². The van der Waals surface area contributed by atoms with Crippen LogP contribution < -0.4 is 0 Å². The molecule has 2 aromatic rings. The summed E-state index contributed by atoms with van der Waals surface area (Å²) in [5.74, 6) is 0. The minimum Gasteiger partial charge on any atom is -0.342 e. The van der Waals surface area contributed by atoms with Crippen LogP contribution in [0.15, 0.2) is 30.7 Å². The summed E-state index contributed by atoms with van der Waals surface area (Å²) in [6.07, 6.45) is 2.60. The van der Waals surface area contributed by atoms with Crippen LogP contribution in [-0.2, 0) is 6.54 Å². The summed E-state index contributed by atoms with van der Waals surface area (Å²) in [4.78, 5) is 3.90. The van der Waals surface area contributed by atoms with Crippen molar-refractivity contribution in [2.45, 2.75) is 13.0 Å². The Morgan fingerprint density at radius 1 is 1.38 bits per heavy atom. The summed E-state index contributed by atoms with van der Waals surface area (Å²) in [5, 5.41) is 0.892. The van der Waals surface area contributed by atoms with E-state index in [1.807, 2.05) is 0 Å². The standard InChI is InChI=1S/C9H8F2N2/c10-9(11)6-13-4-2-7-5-12-3-1-8(7)13/h1-5,9H,6H2. The molecule has 68 valence electrons. The van der Waals surface area contributed by atoms with E-state index in [-0.39, 0.29) is 6.54 Å². The highest BCUT2D eigenvalue weighted by Gasteiger charge is 2.06. The van der Waals surface area contributed by atoms with Gasteiger partial charge in [0, 0.05) is 24.0 Å². The number of rotatable bonds is 2. The van der Waals surface area contributed by atoms with Gasteiger partial charge in [-0.05, 0) is 12.1 Å². The van der Waals surface area contributed by atoms with E-state index in [9.17, 15) is 8.78 Å². The lowest BCUT2D eigenvalue weighted by molar-refractivity contribution is 0.128. The Kier molecular flexibility index (Phi) is 1.96. The van der Waals surface area contributed by atoms with Crippen LogP contribution in [0.1, 0.15) is 0 Å². The van der Waals surface area contributed by atoms with Gasteiger partial charge in [-0.25, -0.2) is 8.78 Å². The quantitative estimate of drug-likeness (QED) is 0.696. The normalized spacial score (nSPS) is 11.3. The molecule has 0 spiro atoms. The Morgan fingerprint density at radius 2 is 2.23 bits per heavy atom. The lowest BCUT2D eigenvalue weighted by atomic mass is 10.3. The molecule has 0 aliphatic carbocycles. The Bertz CT molecular complexity index is 409. The molecule has 2 nitrogen and oxygen atoms in total. The Hall–Kier alpha value is -1.45. The first-order valence-electron chi connectivity index (χ1n) is 3.94. The minimum atomic E-state index is -2.32. The molecule has 2 rings (SSSR count). The Morgan fingerprint density at radius 3 is 3.00 bits per heavy atom. The maximum atomic E-state index is 12.1. The molecule has 0 aromatic carbocycles. The molecule has 0 amide bonds. The molecule has 2 aromatic heterocycles. The van der Waals surface area contributed by atoms with Crippen molar-refractivity contribution < 1.29 is 8.78 Å². The molecule has 0 saturated heterocycles. The van der Waals surface area contributed by atoms with Gasteiger partial charge in [-0.2, -0.15) is 0 Å². The van der Waals surface area contributed by atoms with Crippen molar-refractivity contribution >= 4 is 10.9 Å². The zero-order valence-electron chi connectivity index (χ0n) is 6.82. The molecule has 2 heterocycles. The highest BCUT2D eigenvalue weighted by molar-refractivity contribution is 5.78. The van der Waals surface area contributed by atoms with Crippen LogP contribution in [-0.4, -0.2) is 16.0 Å². The number of aromatic nitrogens is 2. The van der Waals surface area contributed by atoms with Gasteiger partial charge < -0.3 is 4.57 Å². The topological polar surface area (TPSA) is 17.8 Å². The third-order valence-electron chi connectivity index (χ3n) is 1.91. The smallest absolute Gasteiger partial charge is 0.256 e. The molecule has 0 aliphatic rings.